The number of cyclic esters (lactones) is 1. The molecular formula is C14H23BrO2. The van der Waals surface area contributed by atoms with Crippen molar-refractivity contribution in [1.29, 1.82) is 0 Å². The van der Waals surface area contributed by atoms with Crippen LogP contribution in [0.3, 0.4) is 0 Å². The standard InChI is InChI=1S/C14H23BrO2/c1-9(2)11-8-13(17-14(11)16)12(15)7-10-5-3-4-6-10/h9-13H,3-8H2,1-2H3/t11-,12+,13-/m0/s1. The number of alkyl halides is 1. The van der Waals surface area contributed by atoms with Crippen LogP contribution in [0.25, 0.3) is 0 Å². The van der Waals surface area contributed by atoms with E-state index in [0.717, 1.165) is 12.3 Å². The van der Waals surface area contributed by atoms with Gasteiger partial charge in [-0.1, -0.05) is 55.5 Å². The number of hydrogen-bond acceptors (Lipinski definition) is 2. The molecule has 2 rings (SSSR count). The van der Waals surface area contributed by atoms with E-state index in [9.17, 15) is 4.79 Å². The Morgan fingerprint density at radius 2 is 2.00 bits per heavy atom. The third-order valence-corrected chi connectivity index (χ3v) is 5.26. The van der Waals surface area contributed by atoms with E-state index in [2.05, 4.69) is 29.8 Å². The summed E-state index contributed by atoms with van der Waals surface area (Å²) in [6.07, 6.45) is 7.65. The molecule has 0 unspecified atom stereocenters. The van der Waals surface area contributed by atoms with Crippen LogP contribution in [0.1, 0.15) is 52.4 Å². The first-order chi connectivity index (χ1) is 8.08. The molecule has 0 aromatic carbocycles. The lowest BCUT2D eigenvalue weighted by Crippen LogP contribution is -2.22. The molecule has 1 saturated heterocycles. The molecule has 0 bridgehead atoms. The predicted octanol–water partition coefficient (Wildman–Crippen LogP) is 3.92. The van der Waals surface area contributed by atoms with Crippen molar-refractivity contribution in [3.63, 3.8) is 0 Å². The van der Waals surface area contributed by atoms with Gasteiger partial charge in [-0.05, 0) is 24.7 Å². The van der Waals surface area contributed by atoms with Gasteiger partial charge in [0.1, 0.15) is 6.10 Å². The molecule has 0 radical (unpaired) electrons. The lowest BCUT2D eigenvalue weighted by Gasteiger charge is -2.19. The fourth-order valence-electron chi connectivity index (χ4n) is 3.11. The molecule has 3 heteroatoms. The van der Waals surface area contributed by atoms with E-state index in [1.165, 1.54) is 32.1 Å². The van der Waals surface area contributed by atoms with Gasteiger partial charge in [-0.15, -0.1) is 0 Å². The second-order valence-corrected chi connectivity index (χ2v) is 7.14. The minimum Gasteiger partial charge on any atom is -0.461 e. The Labute approximate surface area is 113 Å². The molecule has 0 N–H and O–H groups in total. The van der Waals surface area contributed by atoms with Crippen molar-refractivity contribution >= 4 is 21.9 Å². The maximum Gasteiger partial charge on any atom is 0.309 e. The van der Waals surface area contributed by atoms with Gasteiger partial charge in [-0.25, -0.2) is 0 Å². The number of esters is 1. The van der Waals surface area contributed by atoms with Gasteiger partial charge >= 0.3 is 5.97 Å². The summed E-state index contributed by atoms with van der Waals surface area (Å²) < 4.78 is 5.52. The van der Waals surface area contributed by atoms with Crippen molar-refractivity contribution < 1.29 is 9.53 Å². The van der Waals surface area contributed by atoms with Gasteiger partial charge in [0.2, 0.25) is 0 Å². The van der Waals surface area contributed by atoms with Crippen LogP contribution in [0, 0.1) is 17.8 Å². The van der Waals surface area contributed by atoms with Gasteiger partial charge in [0, 0.05) is 0 Å². The highest BCUT2D eigenvalue weighted by Crippen LogP contribution is 2.37. The number of hydrogen-bond donors (Lipinski definition) is 0. The lowest BCUT2D eigenvalue weighted by atomic mass is 9.90. The molecule has 1 heterocycles. The Morgan fingerprint density at radius 1 is 1.35 bits per heavy atom. The van der Waals surface area contributed by atoms with E-state index in [1.807, 2.05) is 0 Å². The molecule has 1 aliphatic carbocycles. The maximum atomic E-state index is 11.7. The van der Waals surface area contributed by atoms with Gasteiger partial charge in [0.05, 0.1) is 10.7 Å². The van der Waals surface area contributed by atoms with Crippen LogP contribution < -0.4 is 0 Å². The molecule has 2 fully saturated rings. The molecule has 0 amide bonds. The van der Waals surface area contributed by atoms with Crippen molar-refractivity contribution in [3.05, 3.63) is 0 Å². The zero-order valence-electron chi connectivity index (χ0n) is 10.8. The highest BCUT2D eigenvalue weighted by atomic mass is 79.9. The Hall–Kier alpha value is -0.0500. The third-order valence-electron chi connectivity index (χ3n) is 4.30. The van der Waals surface area contributed by atoms with E-state index in [4.69, 9.17) is 4.74 Å². The number of halogens is 1. The van der Waals surface area contributed by atoms with Crippen molar-refractivity contribution in [2.24, 2.45) is 17.8 Å². The van der Waals surface area contributed by atoms with Crippen LogP contribution in [0.5, 0.6) is 0 Å². The molecular weight excluding hydrogens is 280 g/mol. The summed E-state index contributed by atoms with van der Waals surface area (Å²) in [7, 11) is 0. The summed E-state index contributed by atoms with van der Waals surface area (Å²) in [4.78, 5) is 12.1. The van der Waals surface area contributed by atoms with E-state index in [-0.39, 0.29) is 18.0 Å². The van der Waals surface area contributed by atoms with Crippen molar-refractivity contribution in [1.82, 2.24) is 0 Å². The van der Waals surface area contributed by atoms with Crippen LogP contribution >= 0.6 is 15.9 Å². The summed E-state index contributed by atoms with van der Waals surface area (Å²) in [6, 6.07) is 0. The summed E-state index contributed by atoms with van der Waals surface area (Å²) in [5, 5.41) is 0. The second-order valence-electron chi connectivity index (χ2n) is 5.96. The molecule has 1 aliphatic heterocycles. The van der Waals surface area contributed by atoms with Crippen LogP contribution in [0.2, 0.25) is 0 Å². The number of rotatable bonds is 4. The molecule has 2 aliphatic rings. The maximum absolute atomic E-state index is 11.7. The van der Waals surface area contributed by atoms with Crippen LogP contribution in [0.15, 0.2) is 0 Å². The Kier molecular flexibility index (Phi) is 4.51. The second kappa shape index (κ2) is 5.73. The van der Waals surface area contributed by atoms with Gasteiger partial charge in [0.25, 0.3) is 0 Å². The highest BCUT2D eigenvalue weighted by molar-refractivity contribution is 9.09. The van der Waals surface area contributed by atoms with Crippen molar-refractivity contribution in [3.8, 4) is 0 Å². The van der Waals surface area contributed by atoms with Crippen molar-refractivity contribution in [2.75, 3.05) is 0 Å². The lowest BCUT2D eigenvalue weighted by molar-refractivity contribution is -0.145. The SMILES string of the molecule is CC(C)[C@@H]1C[C@@H]([C@H](Br)CC2CCCC2)OC1=O. The number of ether oxygens (including phenoxy) is 1. The quantitative estimate of drug-likeness (QED) is 0.581. The van der Waals surface area contributed by atoms with Crippen molar-refractivity contribution in [2.45, 2.75) is 63.3 Å². The molecule has 2 nitrogen and oxygen atoms in total. The van der Waals surface area contributed by atoms with Crippen LogP contribution in [0.4, 0.5) is 0 Å². The molecule has 17 heavy (non-hydrogen) atoms. The molecule has 0 spiro atoms. The molecule has 0 aromatic heterocycles. The summed E-state index contributed by atoms with van der Waals surface area (Å²) in [5.41, 5.74) is 0. The summed E-state index contributed by atoms with van der Waals surface area (Å²) in [6.45, 7) is 4.21. The Balaban J connectivity index is 1.84. The minimum absolute atomic E-state index is 0.0147. The first-order valence-corrected chi connectivity index (χ1v) is 7.84. The average molecular weight is 303 g/mol. The molecule has 98 valence electrons. The minimum atomic E-state index is 0.0147. The van der Waals surface area contributed by atoms with Gasteiger partial charge < -0.3 is 4.74 Å². The normalized spacial score (nSPS) is 32.1. The summed E-state index contributed by atoms with van der Waals surface area (Å²) >= 11 is 3.74. The van der Waals surface area contributed by atoms with E-state index in [0.29, 0.717) is 10.7 Å². The largest absolute Gasteiger partial charge is 0.461 e. The van der Waals surface area contributed by atoms with Crippen LogP contribution in [-0.2, 0) is 9.53 Å². The zero-order valence-corrected chi connectivity index (χ0v) is 12.4. The number of carbonyl (C=O) groups excluding carboxylic acids is 1. The smallest absolute Gasteiger partial charge is 0.309 e. The monoisotopic (exact) mass is 302 g/mol. The Bertz CT molecular complexity index is 271. The topological polar surface area (TPSA) is 26.3 Å². The summed E-state index contributed by atoms with van der Waals surface area (Å²) in [5.74, 6) is 1.37. The predicted molar refractivity (Wildman–Crippen MR) is 72.1 cm³/mol. The average Bonchev–Trinajstić information content (AvgIpc) is 2.86. The first kappa shape index (κ1) is 13.4. The first-order valence-electron chi connectivity index (χ1n) is 6.92. The van der Waals surface area contributed by atoms with E-state index < -0.39 is 0 Å². The van der Waals surface area contributed by atoms with E-state index in [1.54, 1.807) is 0 Å². The molecule has 3 atom stereocenters. The van der Waals surface area contributed by atoms with E-state index >= 15 is 0 Å². The fraction of sp³-hybridized carbons (Fsp3) is 0.929. The Morgan fingerprint density at radius 3 is 2.53 bits per heavy atom. The fourth-order valence-corrected chi connectivity index (χ4v) is 3.97. The van der Waals surface area contributed by atoms with Gasteiger partial charge in [-0.3, -0.25) is 4.79 Å². The number of carbonyl (C=O) groups is 1. The van der Waals surface area contributed by atoms with Gasteiger partial charge in [0.15, 0.2) is 0 Å². The third kappa shape index (κ3) is 3.24. The highest BCUT2D eigenvalue weighted by Gasteiger charge is 2.40. The zero-order chi connectivity index (χ0) is 12.4. The molecule has 0 aromatic rings. The molecule has 1 saturated carbocycles. The van der Waals surface area contributed by atoms with Crippen LogP contribution in [-0.4, -0.2) is 16.9 Å². The van der Waals surface area contributed by atoms with Gasteiger partial charge in [-0.2, -0.15) is 0 Å².